The molecule has 21 heavy (non-hydrogen) atoms. The molecule has 1 aromatic carbocycles. The van der Waals surface area contributed by atoms with Crippen molar-refractivity contribution >= 4 is 24.4 Å². The highest BCUT2D eigenvalue weighted by molar-refractivity contribution is 7.94. The van der Waals surface area contributed by atoms with E-state index in [0.717, 1.165) is 36.4 Å². The molecule has 0 radical (unpaired) electrons. The molecule has 0 unspecified atom stereocenters. The average molecular weight is 333 g/mol. The zero-order valence-corrected chi connectivity index (χ0v) is 14.4. The fourth-order valence-electron chi connectivity index (χ4n) is 1.68. The van der Waals surface area contributed by atoms with E-state index in [1.165, 1.54) is 5.56 Å². The second-order valence-electron chi connectivity index (χ2n) is 5.56. The first kappa shape index (κ1) is 18.6. The van der Waals surface area contributed by atoms with Gasteiger partial charge in [0, 0.05) is 18.6 Å². The molecule has 0 spiro atoms. The first-order valence-corrected chi connectivity index (χ1v) is 8.09. The van der Waals surface area contributed by atoms with Gasteiger partial charge in [0.2, 0.25) is 0 Å². The van der Waals surface area contributed by atoms with Crippen molar-refractivity contribution < 1.29 is 18.0 Å². The second-order valence-corrected chi connectivity index (χ2v) is 6.98. The Labute approximate surface area is 135 Å². The van der Waals surface area contributed by atoms with E-state index < -0.39 is 0 Å². The van der Waals surface area contributed by atoms with Gasteiger partial charge in [-0.1, -0.05) is 6.07 Å². The lowest BCUT2D eigenvalue weighted by Crippen LogP contribution is -2.32. The molecule has 1 aliphatic rings. The van der Waals surface area contributed by atoms with Crippen LogP contribution in [0.4, 0.5) is 0 Å². The summed E-state index contributed by atoms with van der Waals surface area (Å²) in [5, 5.41) is 12.5. The van der Waals surface area contributed by atoms with Crippen molar-refractivity contribution in [2.75, 3.05) is 7.11 Å². The van der Waals surface area contributed by atoms with Crippen LogP contribution < -0.4 is 5.32 Å². The van der Waals surface area contributed by atoms with Gasteiger partial charge in [-0.05, 0) is 50.5 Å². The fraction of sp³-hybridized carbons (Fsp3) is 0.571. The summed E-state index contributed by atoms with van der Waals surface area (Å²) < 4.78 is 18.6. The second kappa shape index (κ2) is 8.87. The molecule has 0 saturated carbocycles. The molecule has 1 heterocycles. The number of benzene rings is 1. The lowest BCUT2D eigenvalue weighted by atomic mass is 10.0. The van der Waals surface area contributed by atoms with E-state index in [2.05, 4.69) is 9.50 Å². The van der Waals surface area contributed by atoms with Crippen molar-refractivity contribution in [2.24, 2.45) is 0 Å². The molecular weight excluding hydrogens is 310 g/mol. The van der Waals surface area contributed by atoms with Crippen LogP contribution in [0.15, 0.2) is 18.2 Å². The van der Waals surface area contributed by atoms with Gasteiger partial charge >= 0.3 is 0 Å². The van der Waals surface area contributed by atoms with Gasteiger partial charge in [-0.2, -0.15) is 0 Å². The summed E-state index contributed by atoms with van der Waals surface area (Å²) in [5.41, 5.74) is 2.20. The van der Waals surface area contributed by atoms with Gasteiger partial charge < -0.3 is 9.66 Å². The highest BCUT2D eigenvalue weighted by atomic mass is 32.2. The number of fused-ring (bicyclic) bond motifs is 1. The quantitative estimate of drug-likeness (QED) is 0.730. The Morgan fingerprint density at radius 3 is 2.52 bits per heavy atom. The highest BCUT2D eigenvalue weighted by Gasteiger charge is 2.17. The van der Waals surface area contributed by atoms with Crippen LogP contribution in [0.5, 0.6) is 5.75 Å². The SMILES string of the molecule is COSOC(C)(C)C.OS[C@@H]1Cc2ccc(O)cc2CN1. The van der Waals surface area contributed by atoms with E-state index in [9.17, 15) is 5.11 Å². The maximum absolute atomic E-state index is 9.23. The van der Waals surface area contributed by atoms with E-state index in [4.69, 9.17) is 8.74 Å². The highest BCUT2D eigenvalue weighted by Crippen LogP contribution is 2.24. The summed E-state index contributed by atoms with van der Waals surface area (Å²) in [7, 11) is 1.58. The summed E-state index contributed by atoms with van der Waals surface area (Å²) in [6, 6.07) is 5.36. The van der Waals surface area contributed by atoms with Gasteiger partial charge in [0.15, 0.2) is 12.3 Å². The van der Waals surface area contributed by atoms with Crippen LogP contribution in [0.3, 0.4) is 0 Å². The Hall–Kier alpha value is -0.440. The molecule has 1 atom stereocenters. The van der Waals surface area contributed by atoms with E-state index in [1.54, 1.807) is 19.2 Å². The van der Waals surface area contributed by atoms with E-state index in [0.29, 0.717) is 12.3 Å². The van der Waals surface area contributed by atoms with Gasteiger partial charge in [-0.25, -0.2) is 0 Å². The molecule has 0 bridgehead atoms. The fourth-order valence-corrected chi connectivity index (χ4v) is 2.37. The molecule has 3 N–H and O–H groups in total. The molecular formula is C14H23NO4S2. The number of aromatic hydroxyl groups is 1. The third-order valence-corrected chi connectivity index (χ3v) is 3.89. The van der Waals surface area contributed by atoms with Crippen LogP contribution in [0.2, 0.25) is 0 Å². The zero-order valence-electron chi connectivity index (χ0n) is 12.8. The Kier molecular flexibility index (Phi) is 7.86. The molecule has 0 fully saturated rings. The van der Waals surface area contributed by atoms with Crippen LogP contribution in [0.25, 0.3) is 0 Å². The van der Waals surface area contributed by atoms with Gasteiger partial charge in [-0.3, -0.25) is 13.7 Å². The Balaban J connectivity index is 0.000000240. The molecule has 0 aliphatic carbocycles. The average Bonchev–Trinajstić information content (AvgIpc) is 2.44. The first-order valence-electron chi connectivity index (χ1n) is 6.58. The lowest BCUT2D eigenvalue weighted by molar-refractivity contribution is 0.147. The summed E-state index contributed by atoms with van der Waals surface area (Å²) in [6.45, 7) is 6.62. The molecule has 1 aliphatic heterocycles. The van der Waals surface area contributed by atoms with Crippen molar-refractivity contribution in [3.8, 4) is 5.75 Å². The normalized spacial score (nSPS) is 17.7. The van der Waals surface area contributed by atoms with Crippen molar-refractivity contribution in [3.05, 3.63) is 29.3 Å². The standard InChI is InChI=1S/C9H11NO2S.C5H12O2S/c11-8-2-1-6-4-9(13-12)10-5-7(6)3-8;1-5(2,3)7-8-6-4/h1-3,9-12H,4-5H2;1-4H3/t9-;/m1./s1. The molecule has 0 aromatic heterocycles. The predicted molar refractivity (Wildman–Crippen MR) is 88.1 cm³/mol. The third-order valence-electron chi connectivity index (χ3n) is 2.59. The van der Waals surface area contributed by atoms with Gasteiger partial charge in [-0.15, -0.1) is 0 Å². The molecule has 0 saturated heterocycles. The van der Waals surface area contributed by atoms with Crippen LogP contribution in [0.1, 0.15) is 31.9 Å². The number of hydrogen-bond acceptors (Lipinski definition) is 7. The minimum Gasteiger partial charge on any atom is -0.508 e. The smallest absolute Gasteiger partial charge is 0.158 e. The largest absolute Gasteiger partial charge is 0.508 e. The Morgan fingerprint density at radius 1 is 1.29 bits per heavy atom. The predicted octanol–water partition coefficient (Wildman–Crippen LogP) is 3.58. The molecule has 1 aromatic rings. The minimum absolute atomic E-state index is 0.0806. The van der Waals surface area contributed by atoms with Crippen molar-refractivity contribution in [1.29, 1.82) is 0 Å². The Bertz CT molecular complexity index is 437. The molecule has 120 valence electrons. The van der Waals surface area contributed by atoms with Gasteiger partial charge in [0.25, 0.3) is 0 Å². The van der Waals surface area contributed by atoms with Gasteiger partial charge in [0.1, 0.15) is 5.75 Å². The monoisotopic (exact) mass is 333 g/mol. The first-order chi connectivity index (χ1) is 9.85. The summed E-state index contributed by atoms with van der Waals surface area (Å²) in [4.78, 5) is 0. The molecule has 2 rings (SSSR count). The minimum atomic E-state index is -0.110. The zero-order chi connectivity index (χ0) is 15.9. The van der Waals surface area contributed by atoms with E-state index in [1.807, 2.05) is 26.8 Å². The molecule has 7 heteroatoms. The number of phenols is 1. The van der Waals surface area contributed by atoms with Crippen molar-refractivity contribution in [3.63, 3.8) is 0 Å². The van der Waals surface area contributed by atoms with Crippen LogP contribution >= 0.6 is 24.4 Å². The van der Waals surface area contributed by atoms with Crippen LogP contribution in [0, 0.1) is 0 Å². The molecule has 0 amide bonds. The van der Waals surface area contributed by atoms with E-state index in [-0.39, 0.29) is 11.0 Å². The summed E-state index contributed by atoms with van der Waals surface area (Å²) in [6.07, 6.45) is 0.802. The number of phenolic OH excluding ortho intramolecular Hbond substituents is 1. The maximum atomic E-state index is 9.23. The molecule has 5 nitrogen and oxygen atoms in total. The van der Waals surface area contributed by atoms with Crippen LogP contribution in [-0.2, 0) is 21.3 Å². The van der Waals surface area contributed by atoms with E-state index >= 15 is 0 Å². The van der Waals surface area contributed by atoms with Crippen molar-refractivity contribution in [2.45, 2.75) is 44.7 Å². The third kappa shape index (κ3) is 7.39. The van der Waals surface area contributed by atoms with Gasteiger partial charge in [0.05, 0.1) is 18.1 Å². The van der Waals surface area contributed by atoms with Crippen molar-refractivity contribution in [1.82, 2.24) is 5.32 Å². The summed E-state index contributed by atoms with van der Waals surface area (Å²) >= 11 is 1.85. The lowest BCUT2D eigenvalue weighted by Gasteiger charge is -2.23. The maximum Gasteiger partial charge on any atom is 0.158 e. The Morgan fingerprint density at radius 2 is 2.00 bits per heavy atom. The van der Waals surface area contributed by atoms with Crippen LogP contribution in [-0.4, -0.2) is 27.7 Å². The number of hydrogen-bond donors (Lipinski definition) is 3. The number of nitrogens with one attached hydrogen (secondary N) is 1. The summed E-state index contributed by atoms with van der Waals surface area (Å²) in [5.74, 6) is 0.302. The number of rotatable bonds is 3. The topological polar surface area (TPSA) is 71.0 Å².